The van der Waals surface area contributed by atoms with E-state index in [2.05, 4.69) is 31.6 Å². The van der Waals surface area contributed by atoms with Crippen LogP contribution in [0, 0.1) is 11.8 Å². The molecule has 10 N–H and O–H groups in total. The summed E-state index contributed by atoms with van der Waals surface area (Å²) < 4.78 is 14.3. The average molecular weight is 948 g/mol. The van der Waals surface area contributed by atoms with Crippen molar-refractivity contribution in [2.45, 2.75) is 101 Å². The van der Waals surface area contributed by atoms with E-state index < -0.39 is 116 Å². The summed E-state index contributed by atoms with van der Waals surface area (Å²) in [6.45, 7) is 0.0638. The maximum absolute atomic E-state index is 14.1. The van der Waals surface area contributed by atoms with Crippen molar-refractivity contribution in [3.05, 3.63) is 41.2 Å². The minimum absolute atomic E-state index is 0.0638. The number of aliphatic carboxylic acids is 6. The highest BCUT2D eigenvalue weighted by Crippen LogP contribution is 2.27. The van der Waals surface area contributed by atoms with E-state index in [1.54, 1.807) is 6.20 Å². The molecule has 0 bridgehead atoms. The van der Waals surface area contributed by atoms with E-state index in [1.807, 2.05) is 0 Å². The Labute approximate surface area is 381 Å². The lowest BCUT2D eigenvalue weighted by Gasteiger charge is -2.34. The highest BCUT2D eigenvalue weighted by Gasteiger charge is 2.33. The molecule has 2 aromatic rings. The highest BCUT2D eigenvalue weighted by atomic mass is 19.1. The Balaban J connectivity index is 1.43. The summed E-state index contributed by atoms with van der Waals surface area (Å²) in [5, 5.41) is 72.9. The molecule has 366 valence electrons. The second-order valence-corrected chi connectivity index (χ2v) is 16.3. The number of benzene rings is 1. The number of nitrogens with zero attached hydrogens (tertiary/aromatic N) is 5. The molecule has 25 nitrogen and oxygen atoms in total. The minimum Gasteiger partial charge on any atom is -0.481 e. The summed E-state index contributed by atoms with van der Waals surface area (Å²) in [5.74, 6) is -9.87. The third-order valence-electron chi connectivity index (χ3n) is 11.4. The number of piperidine rings is 2. The van der Waals surface area contributed by atoms with E-state index in [1.165, 1.54) is 32.7 Å². The van der Waals surface area contributed by atoms with Crippen molar-refractivity contribution in [2.75, 3.05) is 32.9 Å². The standard InChI is InChI=1S/C41H54FN9O16/c42-11-1-2-26-21-51(48-47-26)27-19-24(34(56)49-12-7-22(8-13-49)16-30(38(62)63)45-40(66)43-28(36(58)59)3-5-32(52)53)18-25(20-27)35(57)50-14-9-23(10-15-50)17-31(39(64)65)46-41(67)44-29(37(60)61)4-6-33(54)55/h18-23,28-31H,1-17H2,(H,52,53)(H,54,55)(H,58,59)(H,60,61)(H,62,63)(H,64,65)(H2,43,45,66)(H2,44,46,67). The van der Waals surface area contributed by atoms with Gasteiger partial charge in [0.05, 0.1) is 24.3 Å². The molecule has 67 heavy (non-hydrogen) atoms. The quantitative estimate of drug-likeness (QED) is 0.0695. The number of hydrogen-bond acceptors (Lipinski definition) is 12. The topological polar surface area (TPSA) is 377 Å². The number of amides is 6. The molecule has 2 fully saturated rings. The summed E-state index contributed by atoms with van der Waals surface area (Å²) >= 11 is 0. The molecule has 1 aromatic carbocycles. The zero-order valence-electron chi connectivity index (χ0n) is 36.2. The lowest BCUT2D eigenvalue weighted by Crippen LogP contribution is -2.52. The third kappa shape index (κ3) is 16.2. The van der Waals surface area contributed by atoms with Crippen LogP contribution in [0.25, 0.3) is 5.69 Å². The van der Waals surface area contributed by atoms with Gasteiger partial charge >= 0.3 is 47.9 Å². The minimum atomic E-state index is -1.58. The van der Waals surface area contributed by atoms with Gasteiger partial charge in [0.25, 0.3) is 11.8 Å². The number of nitrogens with one attached hydrogen (secondary N) is 4. The zero-order chi connectivity index (χ0) is 49.4. The van der Waals surface area contributed by atoms with Crippen molar-refractivity contribution in [1.29, 1.82) is 0 Å². The van der Waals surface area contributed by atoms with Crippen LogP contribution < -0.4 is 21.3 Å². The van der Waals surface area contributed by atoms with Gasteiger partial charge in [-0.25, -0.2) is 33.4 Å². The van der Waals surface area contributed by atoms with Crippen molar-refractivity contribution in [3.8, 4) is 5.69 Å². The Bertz CT molecular complexity index is 2030. The number of carbonyl (C=O) groups excluding carboxylic acids is 4. The van der Waals surface area contributed by atoms with Crippen molar-refractivity contribution in [3.63, 3.8) is 0 Å². The number of carboxylic acids is 6. The number of likely N-dealkylation sites (tertiary alicyclic amines) is 2. The second kappa shape index (κ2) is 24.8. The van der Waals surface area contributed by atoms with Gasteiger partial charge < -0.3 is 61.7 Å². The number of carbonyl (C=O) groups is 10. The van der Waals surface area contributed by atoms with Gasteiger partial charge in [-0.1, -0.05) is 5.21 Å². The molecule has 1 aromatic heterocycles. The molecular weight excluding hydrogens is 893 g/mol. The van der Waals surface area contributed by atoms with Crippen LogP contribution in [-0.2, 0) is 35.2 Å². The van der Waals surface area contributed by atoms with E-state index in [-0.39, 0.29) is 74.8 Å². The van der Waals surface area contributed by atoms with Gasteiger partial charge in [0.15, 0.2) is 0 Å². The number of aromatic nitrogens is 3. The molecule has 2 saturated heterocycles. The summed E-state index contributed by atoms with van der Waals surface area (Å²) in [6, 6.07) is -3.81. The van der Waals surface area contributed by atoms with E-state index >= 15 is 0 Å². The average Bonchev–Trinajstić information content (AvgIpc) is 3.76. The maximum atomic E-state index is 14.1. The SMILES string of the molecule is O=C(O)CCC(NC(=O)NC(CC1CCN(C(=O)c2cc(C(=O)N3CCC(CC(NC(=O)NC(CCC(=O)O)C(=O)O)C(=O)O)CC3)cc(-n3cc(CCCF)nn3)c2)CC1)C(=O)O)C(=O)O. The molecule has 0 saturated carbocycles. The van der Waals surface area contributed by atoms with Gasteiger partial charge in [-0.15, -0.1) is 5.10 Å². The molecule has 0 radical (unpaired) electrons. The van der Waals surface area contributed by atoms with Crippen LogP contribution in [0.15, 0.2) is 24.4 Å². The Morgan fingerprint density at radius 3 is 1.34 bits per heavy atom. The summed E-state index contributed by atoms with van der Waals surface area (Å²) in [5.41, 5.74) is 0.967. The Morgan fingerprint density at radius 2 is 0.985 bits per heavy atom. The lowest BCUT2D eigenvalue weighted by atomic mass is 9.89. The zero-order valence-corrected chi connectivity index (χ0v) is 36.2. The van der Waals surface area contributed by atoms with Crippen LogP contribution in [-0.4, -0.2) is 172 Å². The van der Waals surface area contributed by atoms with E-state index in [0.717, 1.165) is 0 Å². The predicted molar refractivity (Wildman–Crippen MR) is 225 cm³/mol. The Morgan fingerprint density at radius 1 is 0.597 bits per heavy atom. The van der Waals surface area contributed by atoms with Crippen LogP contribution in [0.4, 0.5) is 14.0 Å². The first kappa shape index (κ1) is 52.2. The predicted octanol–water partition coefficient (Wildman–Crippen LogP) is 0.795. The first-order valence-electron chi connectivity index (χ1n) is 21.4. The van der Waals surface area contributed by atoms with Crippen LogP contribution >= 0.6 is 0 Å². The summed E-state index contributed by atoms with van der Waals surface area (Å²) in [6.07, 6.45) is 1.19. The number of carboxylic acid groups (broad SMARTS) is 6. The summed E-state index contributed by atoms with van der Waals surface area (Å²) in [4.78, 5) is 125. The van der Waals surface area contributed by atoms with E-state index in [0.29, 0.717) is 37.1 Å². The number of rotatable bonds is 24. The smallest absolute Gasteiger partial charge is 0.326 e. The number of hydrogen-bond donors (Lipinski definition) is 10. The Kier molecular flexibility index (Phi) is 19.3. The molecule has 4 atom stereocenters. The lowest BCUT2D eigenvalue weighted by molar-refractivity contribution is -0.142. The fourth-order valence-corrected chi connectivity index (χ4v) is 7.76. The molecule has 26 heteroatoms. The monoisotopic (exact) mass is 947 g/mol. The van der Waals surface area contributed by atoms with Gasteiger partial charge in [-0.3, -0.25) is 23.6 Å². The Hall–Kier alpha value is -7.41. The summed E-state index contributed by atoms with van der Waals surface area (Å²) in [7, 11) is 0. The van der Waals surface area contributed by atoms with Gasteiger partial charge in [-0.05, 0) is 94.2 Å². The normalized spacial score (nSPS) is 16.1. The molecule has 0 spiro atoms. The van der Waals surface area contributed by atoms with Gasteiger partial charge in [-0.2, -0.15) is 0 Å². The van der Waals surface area contributed by atoms with E-state index in [9.17, 15) is 72.8 Å². The maximum Gasteiger partial charge on any atom is 0.326 e. The number of aryl methyl sites for hydroxylation is 1. The third-order valence-corrected chi connectivity index (χ3v) is 11.4. The van der Waals surface area contributed by atoms with Crippen LogP contribution in [0.2, 0.25) is 0 Å². The fraction of sp³-hybridized carbons (Fsp3) is 0.561. The number of urea groups is 2. The fourth-order valence-electron chi connectivity index (χ4n) is 7.76. The first-order chi connectivity index (χ1) is 31.7. The van der Waals surface area contributed by atoms with E-state index in [4.69, 9.17) is 10.2 Å². The van der Waals surface area contributed by atoms with Crippen molar-refractivity contribution in [2.24, 2.45) is 11.8 Å². The van der Waals surface area contributed by atoms with Crippen molar-refractivity contribution in [1.82, 2.24) is 46.1 Å². The van der Waals surface area contributed by atoms with Crippen molar-refractivity contribution < 1.29 is 83.0 Å². The molecule has 2 aliphatic rings. The molecule has 6 amide bonds. The molecule has 4 rings (SSSR count). The molecule has 3 heterocycles. The molecule has 2 aliphatic heterocycles. The van der Waals surface area contributed by atoms with Crippen LogP contribution in [0.1, 0.15) is 97.0 Å². The highest BCUT2D eigenvalue weighted by molar-refractivity contribution is 6.01. The first-order valence-corrected chi connectivity index (χ1v) is 21.4. The number of alkyl halides is 1. The van der Waals surface area contributed by atoms with Crippen LogP contribution in [0.3, 0.4) is 0 Å². The van der Waals surface area contributed by atoms with Crippen molar-refractivity contribution >= 4 is 59.7 Å². The van der Waals surface area contributed by atoms with Crippen LogP contribution in [0.5, 0.6) is 0 Å². The van der Waals surface area contributed by atoms with Gasteiger partial charge in [0.2, 0.25) is 0 Å². The van der Waals surface area contributed by atoms with Gasteiger partial charge in [0.1, 0.15) is 24.2 Å². The van der Waals surface area contributed by atoms with Gasteiger partial charge in [0, 0.05) is 50.1 Å². The largest absolute Gasteiger partial charge is 0.481 e. The molecule has 0 aliphatic carbocycles. The second-order valence-electron chi connectivity index (χ2n) is 16.3. The molecular formula is C41H54FN9O16. The molecule has 4 unspecified atom stereocenters. The number of halogens is 1.